The molecule has 1 heterocycles. The third-order valence-electron chi connectivity index (χ3n) is 2.11. The Morgan fingerprint density at radius 1 is 1.24 bits per heavy atom. The quantitative estimate of drug-likeness (QED) is 0.357. The number of rotatable bonds is 2. The minimum atomic E-state index is -0.432. The van der Waals surface area contributed by atoms with Crippen molar-refractivity contribution in [2.45, 2.75) is 0 Å². The van der Waals surface area contributed by atoms with Gasteiger partial charge in [0.2, 0.25) is 0 Å². The second kappa shape index (κ2) is 5.18. The van der Waals surface area contributed by atoms with Gasteiger partial charge in [-0.1, -0.05) is 18.2 Å². The van der Waals surface area contributed by atoms with Crippen molar-refractivity contribution in [1.82, 2.24) is 10.4 Å². The van der Waals surface area contributed by atoms with Crippen LogP contribution in [-0.4, -0.2) is 10.8 Å². The van der Waals surface area contributed by atoms with Crippen LogP contribution in [0.15, 0.2) is 53.8 Å². The third kappa shape index (κ3) is 2.85. The molecule has 2 rings (SSSR count). The van der Waals surface area contributed by atoms with Crippen molar-refractivity contribution in [3.05, 3.63) is 60.2 Å². The number of hydrazine groups is 1. The molecule has 0 fully saturated rings. The van der Waals surface area contributed by atoms with Crippen LogP contribution in [0.1, 0.15) is 5.56 Å². The van der Waals surface area contributed by atoms with Gasteiger partial charge in [-0.2, -0.15) is 0 Å². The van der Waals surface area contributed by atoms with Crippen LogP contribution in [0, 0.1) is 5.82 Å². The van der Waals surface area contributed by atoms with E-state index < -0.39 is 5.82 Å². The van der Waals surface area contributed by atoms with Crippen LogP contribution in [0.4, 0.5) is 10.1 Å². The number of aromatic nitrogens is 1. The maximum atomic E-state index is 13.0. The summed E-state index contributed by atoms with van der Waals surface area (Å²) < 4.78 is 13.0. The molecule has 2 aromatic rings. The molecule has 17 heavy (non-hydrogen) atoms. The van der Waals surface area contributed by atoms with Crippen LogP contribution in [0.25, 0.3) is 0 Å². The molecule has 0 saturated carbocycles. The molecule has 0 aliphatic rings. The highest BCUT2D eigenvalue weighted by Crippen LogP contribution is 2.12. The van der Waals surface area contributed by atoms with E-state index in [2.05, 4.69) is 15.4 Å². The lowest BCUT2D eigenvalue weighted by Crippen LogP contribution is -2.31. The molecule has 0 aliphatic carbocycles. The van der Waals surface area contributed by atoms with Crippen LogP contribution < -0.4 is 11.3 Å². The van der Waals surface area contributed by atoms with E-state index in [1.165, 1.54) is 12.3 Å². The van der Waals surface area contributed by atoms with Crippen LogP contribution in [-0.2, 0) is 0 Å². The summed E-state index contributed by atoms with van der Waals surface area (Å²) in [6.07, 6.45) is 2.62. The maximum Gasteiger partial charge on any atom is 0.149 e. The standard InChI is InChI=1S/C12H11FN4/c13-10-6-9(7-15-8-10)12(17-14)16-11-4-2-1-3-5-11/h1-8H,14H2,(H,16,17). The van der Waals surface area contributed by atoms with Gasteiger partial charge >= 0.3 is 0 Å². The number of nitrogens with two attached hydrogens (primary N) is 1. The molecule has 0 radical (unpaired) electrons. The number of nitrogens with one attached hydrogen (secondary N) is 1. The Kier molecular flexibility index (Phi) is 3.42. The Balaban J connectivity index is 2.37. The normalized spacial score (nSPS) is 11.3. The molecule has 3 N–H and O–H groups in total. The van der Waals surface area contributed by atoms with Crippen LogP contribution in [0.5, 0.6) is 0 Å². The summed E-state index contributed by atoms with van der Waals surface area (Å²) in [5, 5.41) is 0. The predicted octanol–water partition coefficient (Wildman–Crippen LogP) is 1.76. The van der Waals surface area contributed by atoms with Crippen LogP contribution in [0.2, 0.25) is 0 Å². The molecule has 1 aromatic heterocycles. The first-order valence-corrected chi connectivity index (χ1v) is 5.01. The van der Waals surface area contributed by atoms with Gasteiger partial charge in [-0.3, -0.25) is 4.98 Å². The first-order chi connectivity index (χ1) is 8.29. The topological polar surface area (TPSA) is 63.3 Å². The van der Waals surface area contributed by atoms with Crippen molar-refractivity contribution in [1.29, 1.82) is 0 Å². The van der Waals surface area contributed by atoms with Crippen molar-refractivity contribution in [3.63, 3.8) is 0 Å². The molecule has 5 heteroatoms. The molecule has 0 aliphatic heterocycles. The van der Waals surface area contributed by atoms with Crippen LogP contribution >= 0.6 is 0 Å². The first kappa shape index (κ1) is 11.2. The van der Waals surface area contributed by atoms with Gasteiger partial charge in [0.15, 0.2) is 0 Å². The Morgan fingerprint density at radius 3 is 2.65 bits per heavy atom. The number of amidine groups is 1. The van der Waals surface area contributed by atoms with Gasteiger partial charge in [0.05, 0.1) is 11.9 Å². The highest BCUT2D eigenvalue weighted by molar-refractivity contribution is 5.99. The van der Waals surface area contributed by atoms with Crippen molar-refractivity contribution < 1.29 is 4.39 Å². The molecule has 0 atom stereocenters. The number of hydrogen-bond donors (Lipinski definition) is 2. The summed E-state index contributed by atoms with van der Waals surface area (Å²) >= 11 is 0. The van der Waals surface area contributed by atoms with Gasteiger partial charge in [0.25, 0.3) is 0 Å². The van der Waals surface area contributed by atoms with Gasteiger partial charge in [-0.05, 0) is 18.2 Å². The lowest BCUT2D eigenvalue weighted by molar-refractivity contribution is 0.621. The molecule has 4 nitrogen and oxygen atoms in total. The average Bonchev–Trinajstić information content (AvgIpc) is 2.37. The number of aliphatic imine (C=N–C) groups is 1. The third-order valence-corrected chi connectivity index (χ3v) is 2.11. The van der Waals surface area contributed by atoms with E-state index in [0.29, 0.717) is 11.4 Å². The minimum Gasteiger partial charge on any atom is -0.308 e. The zero-order valence-electron chi connectivity index (χ0n) is 8.97. The van der Waals surface area contributed by atoms with E-state index in [0.717, 1.165) is 11.9 Å². The van der Waals surface area contributed by atoms with E-state index in [9.17, 15) is 4.39 Å². The Bertz CT molecular complexity index is 525. The zero-order valence-corrected chi connectivity index (χ0v) is 8.97. The van der Waals surface area contributed by atoms with Crippen molar-refractivity contribution >= 4 is 11.5 Å². The Morgan fingerprint density at radius 2 is 2.00 bits per heavy atom. The molecular weight excluding hydrogens is 219 g/mol. The molecule has 0 bridgehead atoms. The van der Waals surface area contributed by atoms with Gasteiger partial charge < -0.3 is 5.43 Å². The molecule has 86 valence electrons. The van der Waals surface area contributed by atoms with Crippen molar-refractivity contribution in [2.75, 3.05) is 0 Å². The Labute approximate surface area is 98.0 Å². The number of benzene rings is 1. The second-order valence-electron chi connectivity index (χ2n) is 3.33. The predicted molar refractivity (Wildman–Crippen MR) is 64.2 cm³/mol. The van der Waals surface area contributed by atoms with Crippen LogP contribution in [0.3, 0.4) is 0 Å². The Hall–Kier alpha value is -2.27. The summed E-state index contributed by atoms with van der Waals surface area (Å²) in [5.41, 5.74) is 3.66. The highest BCUT2D eigenvalue weighted by Gasteiger charge is 2.03. The highest BCUT2D eigenvalue weighted by atomic mass is 19.1. The summed E-state index contributed by atoms with van der Waals surface area (Å²) in [6, 6.07) is 10.6. The van der Waals surface area contributed by atoms with Gasteiger partial charge in [-0.25, -0.2) is 15.2 Å². The molecule has 0 amide bonds. The van der Waals surface area contributed by atoms with E-state index in [4.69, 9.17) is 5.84 Å². The lowest BCUT2D eigenvalue weighted by atomic mass is 10.2. The molecule has 0 spiro atoms. The molecular formula is C12H11FN4. The van der Waals surface area contributed by atoms with Crippen molar-refractivity contribution in [3.8, 4) is 0 Å². The van der Waals surface area contributed by atoms with E-state index in [1.807, 2.05) is 30.3 Å². The monoisotopic (exact) mass is 230 g/mol. The van der Waals surface area contributed by atoms with Gasteiger partial charge in [0, 0.05) is 11.8 Å². The second-order valence-corrected chi connectivity index (χ2v) is 3.33. The minimum absolute atomic E-state index is 0.364. The first-order valence-electron chi connectivity index (χ1n) is 5.01. The fourth-order valence-corrected chi connectivity index (χ4v) is 1.35. The van der Waals surface area contributed by atoms with E-state index in [1.54, 1.807) is 0 Å². The number of para-hydroxylation sites is 1. The number of pyridine rings is 1. The summed E-state index contributed by atoms with van der Waals surface area (Å²) in [5.74, 6) is 5.30. The largest absolute Gasteiger partial charge is 0.308 e. The zero-order chi connectivity index (χ0) is 12.1. The number of halogens is 1. The number of hydrogen-bond acceptors (Lipinski definition) is 3. The SMILES string of the molecule is NNC(=Nc1ccccc1)c1cncc(F)c1. The van der Waals surface area contributed by atoms with Crippen molar-refractivity contribution in [2.24, 2.45) is 10.8 Å². The maximum absolute atomic E-state index is 13.0. The summed E-state index contributed by atoms with van der Waals surface area (Å²) in [7, 11) is 0. The van der Waals surface area contributed by atoms with Gasteiger partial charge in [0.1, 0.15) is 11.7 Å². The number of nitrogens with zero attached hydrogens (tertiary/aromatic N) is 2. The van der Waals surface area contributed by atoms with E-state index in [-0.39, 0.29) is 0 Å². The summed E-state index contributed by atoms with van der Waals surface area (Å²) in [4.78, 5) is 8.01. The smallest absolute Gasteiger partial charge is 0.149 e. The molecule has 0 saturated heterocycles. The van der Waals surface area contributed by atoms with Gasteiger partial charge in [-0.15, -0.1) is 0 Å². The summed E-state index contributed by atoms with van der Waals surface area (Å²) in [6.45, 7) is 0. The average molecular weight is 230 g/mol. The lowest BCUT2D eigenvalue weighted by Gasteiger charge is -2.05. The van der Waals surface area contributed by atoms with E-state index >= 15 is 0 Å². The molecule has 1 aromatic carbocycles. The fraction of sp³-hybridized carbons (Fsp3) is 0. The molecule has 0 unspecified atom stereocenters. The fourth-order valence-electron chi connectivity index (χ4n) is 1.35.